The third kappa shape index (κ3) is 3.81. The standard InChI is InChI=1S/C20H25N5O/c1-3-16-4-5-18(14-21)25(16)19(26)15-23-20(2)8-12-24(13-9-20)17-6-10-22-11-7-17/h1,6-7,10-11,16,18,23H,4-5,8-9,12-13,15H2,2H3/t16-,18?/m1/s1. The van der Waals surface area contributed by atoms with Crippen molar-refractivity contribution in [3.05, 3.63) is 24.5 Å². The summed E-state index contributed by atoms with van der Waals surface area (Å²) in [5.41, 5.74) is 1.09. The van der Waals surface area contributed by atoms with Crippen molar-refractivity contribution >= 4 is 11.6 Å². The summed E-state index contributed by atoms with van der Waals surface area (Å²) in [7, 11) is 0. The molecule has 1 aromatic rings. The normalized spacial score (nSPS) is 24.7. The Hall–Kier alpha value is -2.57. The Morgan fingerprint density at radius 1 is 1.35 bits per heavy atom. The van der Waals surface area contributed by atoms with Gasteiger partial charge in [-0.3, -0.25) is 9.78 Å². The van der Waals surface area contributed by atoms with E-state index in [4.69, 9.17) is 6.42 Å². The molecule has 26 heavy (non-hydrogen) atoms. The Morgan fingerprint density at radius 3 is 2.62 bits per heavy atom. The molecule has 2 aliphatic heterocycles. The van der Waals surface area contributed by atoms with E-state index in [-0.39, 0.29) is 24.0 Å². The molecule has 3 heterocycles. The quantitative estimate of drug-likeness (QED) is 0.833. The molecule has 2 atom stereocenters. The number of carbonyl (C=O) groups excluding carboxylic acids is 1. The Kier molecular flexibility index (Phi) is 5.44. The largest absolute Gasteiger partial charge is 0.371 e. The second kappa shape index (κ2) is 7.76. The second-order valence-corrected chi connectivity index (χ2v) is 7.31. The maximum absolute atomic E-state index is 12.7. The van der Waals surface area contributed by atoms with E-state index in [1.165, 1.54) is 5.69 Å². The Labute approximate surface area is 155 Å². The van der Waals surface area contributed by atoms with Crippen molar-refractivity contribution in [2.75, 3.05) is 24.5 Å². The highest BCUT2D eigenvalue weighted by atomic mass is 16.2. The van der Waals surface area contributed by atoms with E-state index in [1.54, 1.807) is 4.90 Å². The van der Waals surface area contributed by atoms with Crippen LogP contribution in [0.25, 0.3) is 0 Å². The van der Waals surface area contributed by atoms with E-state index in [0.717, 1.165) is 25.9 Å². The number of hydrogen-bond donors (Lipinski definition) is 1. The van der Waals surface area contributed by atoms with Gasteiger partial charge in [-0.05, 0) is 44.7 Å². The molecule has 1 unspecified atom stereocenters. The van der Waals surface area contributed by atoms with Gasteiger partial charge >= 0.3 is 0 Å². The lowest BCUT2D eigenvalue weighted by Gasteiger charge is -2.41. The van der Waals surface area contributed by atoms with Crippen molar-refractivity contribution in [3.8, 4) is 18.4 Å². The smallest absolute Gasteiger partial charge is 0.238 e. The summed E-state index contributed by atoms with van der Waals surface area (Å²) in [5.74, 6) is 2.57. The van der Waals surface area contributed by atoms with Crippen LogP contribution in [0.15, 0.2) is 24.5 Å². The number of rotatable bonds is 4. The van der Waals surface area contributed by atoms with Crippen LogP contribution in [0.1, 0.15) is 32.6 Å². The summed E-state index contributed by atoms with van der Waals surface area (Å²) >= 11 is 0. The number of nitrogens with one attached hydrogen (secondary N) is 1. The highest BCUT2D eigenvalue weighted by molar-refractivity contribution is 5.80. The molecule has 1 aromatic heterocycles. The lowest BCUT2D eigenvalue weighted by molar-refractivity contribution is -0.131. The molecule has 136 valence electrons. The zero-order valence-corrected chi connectivity index (χ0v) is 15.2. The third-order valence-electron chi connectivity index (χ3n) is 5.58. The lowest BCUT2D eigenvalue weighted by Crippen LogP contribution is -2.55. The molecule has 3 rings (SSSR count). The molecule has 2 fully saturated rings. The molecule has 0 aromatic carbocycles. The number of nitrogens with zero attached hydrogens (tertiary/aromatic N) is 4. The van der Waals surface area contributed by atoms with Gasteiger partial charge in [0.15, 0.2) is 0 Å². The predicted octanol–water partition coefficient (Wildman–Crippen LogP) is 1.55. The zero-order valence-electron chi connectivity index (χ0n) is 15.2. The summed E-state index contributed by atoms with van der Waals surface area (Å²) in [6.07, 6.45) is 12.4. The first-order valence-electron chi connectivity index (χ1n) is 9.13. The van der Waals surface area contributed by atoms with E-state index in [1.807, 2.05) is 24.5 Å². The highest BCUT2D eigenvalue weighted by Gasteiger charge is 2.37. The summed E-state index contributed by atoms with van der Waals surface area (Å²) in [6, 6.07) is 5.60. The van der Waals surface area contributed by atoms with Crippen LogP contribution in [0.3, 0.4) is 0 Å². The first-order chi connectivity index (χ1) is 12.6. The van der Waals surface area contributed by atoms with Gasteiger partial charge in [0.05, 0.1) is 18.7 Å². The first-order valence-corrected chi connectivity index (χ1v) is 9.13. The molecule has 6 heteroatoms. The second-order valence-electron chi connectivity index (χ2n) is 7.31. The van der Waals surface area contributed by atoms with Crippen LogP contribution in [0.5, 0.6) is 0 Å². The molecular formula is C20H25N5O. The monoisotopic (exact) mass is 351 g/mol. The van der Waals surface area contributed by atoms with E-state index in [9.17, 15) is 10.1 Å². The third-order valence-corrected chi connectivity index (χ3v) is 5.58. The van der Waals surface area contributed by atoms with Crippen molar-refractivity contribution < 1.29 is 4.79 Å². The summed E-state index contributed by atoms with van der Waals surface area (Å²) in [5, 5.41) is 12.7. The highest BCUT2D eigenvalue weighted by Crippen LogP contribution is 2.27. The number of pyridine rings is 1. The maximum Gasteiger partial charge on any atom is 0.238 e. The average Bonchev–Trinajstić information content (AvgIpc) is 3.11. The number of terminal acetylenes is 1. The van der Waals surface area contributed by atoms with E-state index in [2.05, 4.69) is 34.1 Å². The molecule has 1 amide bonds. The number of likely N-dealkylation sites (tertiary alicyclic amines) is 1. The predicted molar refractivity (Wildman–Crippen MR) is 100 cm³/mol. The lowest BCUT2D eigenvalue weighted by atomic mass is 9.89. The Bertz CT molecular complexity index is 690. The molecule has 0 spiro atoms. The van der Waals surface area contributed by atoms with Gasteiger partial charge in [0, 0.05) is 36.7 Å². The van der Waals surface area contributed by atoms with Crippen LogP contribution in [0.2, 0.25) is 0 Å². The van der Waals surface area contributed by atoms with Gasteiger partial charge in [-0.1, -0.05) is 5.92 Å². The first kappa shape index (κ1) is 18.2. The van der Waals surface area contributed by atoms with Crippen molar-refractivity contribution in [1.82, 2.24) is 15.2 Å². The molecule has 0 aliphatic carbocycles. The van der Waals surface area contributed by atoms with Crippen LogP contribution >= 0.6 is 0 Å². The number of hydrogen-bond acceptors (Lipinski definition) is 5. The van der Waals surface area contributed by atoms with E-state index >= 15 is 0 Å². The summed E-state index contributed by atoms with van der Waals surface area (Å²) in [6.45, 7) is 4.25. The number of aromatic nitrogens is 1. The van der Waals surface area contributed by atoms with Crippen molar-refractivity contribution in [2.45, 2.75) is 50.2 Å². The molecule has 0 radical (unpaired) electrons. The van der Waals surface area contributed by atoms with Crippen LogP contribution in [0, 0.1) is 23.7 Å². The molecular weight excluding hydrogens is 326 g/mol. The van der Waals surface area contributed by atoms with Gasteiger partial charge in [0.25, 0.3) is 0 Å². The van der Waals surface area contributed by atoms with Crippen LogP contribution < -0.4 is 10.2 Å². The fourth-order valence-corrected chi connectivity index (χ4v) is 3.82. The zero-order chi connectivity index (χ0) is 18.6. The number of nitriles is 1. The van der Waals surface area contributed by atoms with Crippen molar-refractivity contribution in [1.29, 1.82) is 5.26 Å². The van der Waals surface area contributed by atoms with Gasteiger partial charge in [0.1, 0.15) is 6.04 Å². The molecule has 2 saturated heterocycles. The molecule has 6 nitrogen and oxygen atoms in total. The number of anilines is 1. The minimum Gasteiger partial charge on any atom is -0.371 e. The fourth-order valence-electron chi connectivity index (χ4n) is 3.82. The number of piperidine rings is 1. The van der Waals surface area contributed by atoms with Crippen molar-refractivity contribution in [2.24, 2.45) is 0 Å². The summed E-state index contributed by atoms with van der Waals surface area (Å²) < 4.78 is 0. The van der Waals surface area contributed by atoms with Gasteiger partial charge < -0.3 is 15.1 Å². The number of amides is 1. The van der Waals surface area contributed by atoms with Gasteiger partial charge in [-0.25, -0.2) is 0 Å². The van der Waals surface area contributed by atoms with Gasteiger partial charge in [0.2, 0.25) is 5.91 Å². The van der Waals surface area contributed by atoms with Gasteiger partial charge in [-0.2, -0.15) is 5.26 Å². The minimum absolute atomic E-state index is 0.0743. The SMILES string of the molecule is C#C[C@@H]1CCC(C#N)N1C(=O)CNC1(C)CCN(c2ccncc2)CC1. The Balaban J connectivity index is 1.54. The average molecular weight is 351 g/mol. The molecule has 0 bridgehead atoms. The van der Waals surface area contributed by atoms with Crippen LogP contribution in [0.4, 0.5) is 5.69 Å². The molecule has 0 saturated carbocycles. The maximum atomic E-state index is 12.7. The fraction of sp³-hybridized carbons (Fsp3) is 0.550. The van der Waals surface area contributed by atoms with Crippen molar-refractivity contribution in [3.63, 3.8) is 0 Å². The van der Waals surface area contributed by atoms with Gasteiger partial charge in [-0.15, -0.1) is 6.42 Å². The van der Waals surface area contributed by atoms with E-state index in [0.29, 0.717) is 12.8 Å². The van der Waals surface area contributed by atoms with Crippen LogP contribution in [-0.4, -0.2) is 53.0 Å². The topological polar surface area (TPSA) is 72.3 Å². The minimum atomic E-state index is -0.397. The summed E-state index contributed by atoms with van der Waals surface area (Å²) in [4.78, 5) is 20.6. The van der Waals surface area contributed by atoms with Crippen LogP contribution in [-0.2, 0) is 4.79 Å². The molecule has 2 aliphatic rings. The Morgan fingerprint density at radius 2 is 2.00 bits per heavy atom. The molecule has 1 N–H and O–H groups in total. The van der Waals surface area contributed by atoms with E-state index < -0.39 is 6.04 Å². The number of carbonyl (C=O) groups is 1.